The summed E-state index contributed by atoms with van der Waals surface area (Å²) in [5.74, 6) is 1.18. The molecule has 0 heterocycles. The van der Waals surface area contributed by atoms with Gasteiger partial charge in [-0.2, -0.15) is 0 Å². The van der Waals surface area contributed by atoms with Crippen molar-refractivity contribution in [1.29, 1.82) is 0 Å². The van der Waals surface area contributed by atoms with Crippen LogP contribution in [0.5, 0.6) is 5.75 Å². The third-order valence-electron chi connectivity index (χ3n) is 7.12. The van der Waals surface area contributed by atoms with E-state index < -0.39 is 0 Å². The molecule has 1 saturated carbocycles. The quantitative estimate of drug-likeness (QED) is 0.513. The molecule has 0 aliphatic heterocycles. The SMILES string of the molecule is CCOc1ccc2c(c1)CCC(c1c(F)cc(C3CCC(CC)CC3)cc1F)C2. The van der Waals surface area contributed by atoms with E-state index in [9.17, 15) is 0 Å². The lowest BCUT2D eigenvalue weighted by Crippen LogP contribution is -2.17. The maximum absolute atomic E-state index is 15.1. The van der Waals surface area contributed by atoms with Crippen molar-refractivity contribution < 1.29 is 13.5 Å². The first kappa shape index (κ1) is 20.4. The molecule has 1 unspecified atom stereocenters. The van der Waals surface area contributed by atoms with Crippen LogP contribution in [0.1, 0.15) is 86.5 Å². The Hall–Kier alpha value is -1.90. The molecule has 0 saturated heterocycles. The van der Waals surface area contributed by atoms with Gasteiger partial charge in [0.15, 0.2) is 0 Å². The maximum atomic E-state index is 15.1. The van der Waals surface area contributed by atoms with E-state index in [1.54, 1.807) is 12.1 Å². The summed E-state index contributed by atoms with van der Waals surface area (Å²) in [6.07, 6.45) is 7.97. The fraction of sp³-hybridized carbons (Fsp3) is 0.538. The highest BCUT2D eigenvalue weighted by molar-refractivity contribution is 5.40. The molecule has 0 N–H and O–H groups in total. The molecule has 1 nitrogen and oxygen atoms in total. The largest absolute Gasteiger partial charge is 0.494 e. The fourth-order valence-electron chi connectivity index (χ4n) is 5.37. The zero-order chi connectivity index (χ0) is 20.4. The third-order valence-corrected chi connectivity index (χ3v) is 7.12. The smallest absolute Gasteiger partial charge is 0.129 e. The topological polar surface area (TPSA) is 9.23 Å². The minimum atomic E-state index is -0.350. The molecule has 1 atom stereocenters. The number of hydrogen-bond acceptors (Lipinski definition) is 1. The summed E-state index contributed by atoms with van der Waals surface area (Å²) in [4.78, 5) is 0. The van der Waals surface area contributed by atoms with Gasteiger partial charge in [0.25, 0.3) is 0 Å². The molecule has 156 valence electrons. The Labute approximate surface area is 173 Å². The first-order chi connectivity index (χ1) is 14.1. The highest BCUT2D eigenvalue weighted by atomic mass is 19.1. The summed E-state index contributed by atoms with van der Waals surface area (Å²) in [6, 6.07) is 9.36. The Morgan fingerprint density at radius 1 is 0.862 bits per heavy atom. The van der Waals surface area contributed by atoms with Gasteiger partial charge in [-0.1, -0.05) is 19.4 Å². The summed E-state index contributed by atoms with van der Waals surface area (Å²) in [7, 11) is 0. The van der Waals surface area contributed by atoms with Crippen LogP contribution in [0.2, 0.25) is 0 Å². The zero-order valence-electron chi connectivity index (χ0n) is 17.6. The molecule has 1 fully saturated rings. The van der Waals surface area contributed by atoms with Crippen molar-refractivity contribution in [3.8, 4) is 5.75 Å². The van der Waals surface area contributed by atoms with Gasteiger partial charge in [-0.25, -0.2) is 8.78 Å². The molecular weight excluding hydrogens is 366 g/mol. The van der Waals surface area contributed by atoms with Crippen LogP contribution >= 0.6 is 0 Å². The molecule has 0 spiro atoms. The standard InChI is InChI=1S/C26H32F2O/c1-3-17-5-7-18(8-6-17)22-15-24(27)26(25(28)16-22)21-10-9-20-14-23(29-4-2)12-11-19(20)13-21/h11-12,14-18,21H,3-10,13H2,1-2H3. The first-order valence-electron chi connectivity index (χ1n) is 11.3. The Morgan fingerprint density at radius 2 is 1.59 bits per heavy atom. The normalized spacial score (nSPS) is 24.2. The van der Waals surface area contributed by atoms with Gasteiger partial charge in [-0.15, -0.1) is 0 Å². The Balaban J connectivity index is 1.52. The molecule has 0 amide bonds. The van der Waals surface area contributed by atoms with Crippen LogP contribution < -0.4 is 4.74 Å². The van der Waals surface area contributed by atoms with E-state index in [4.69, 9.17) is 4.74 Å². The second kappa shape index (κ2) is 8.85. The van der Waals surface area contributed by atoms with E-state index >= 15 is 8.78 Å². The zero-order valence-corrected chi connectivity index (χ0v) is 17.6. The molecule has 2 aliphatic rings. The molecular formula is C26H32F2O. The highest BCUT2D eigenvalue weighted by Crippen LogP contribution is 2.40. The minimum absolute atomic E-state index is 0.0923. The summed E-state index contributed by atoms with van der Waals surface area (Å²) < 4.78 is 35.7. The molecule has 0 aromatic heterocycles. The molecule has 2 aromatic carbocycles. The molecule has 0 bridgehead atoms. The summed E-state index contributed by atoms with van der Waals surface area (Å²) in [5, 5.41) is 0. The lowest BCUT2D eigenvalue weighted by Gasteiger charge is -2.29. The van der Waals surface area contributed by atoms with Crippen molar-refractivity contribution in [2.45, 2.75) is 77.0 Å². The summed E-state index contributed by atoms with van der Waals surface area (Å²) >= 11 is 0. The van der Waals surface area contributed by atoms with Crippen LogP contribution in [0.3, 0.4) is 0 Å². The fourth-order valence-corrected chi connectivity index (χ4v) is 5.37. The summed E-state index contributed by atoms with van der Waals surface area (Å²) in [5.41, 5.74) is 3.58. The number of hydrogen-bond donors (Lipinski definition) is 0. The molecule has 29 heavy (non-hydrogen) atoms. The van der Waals surface area contributed by atoms with Crippen molar-refractivity contribution in [2.75, 3.05) is 6.61 Å². The first-order valence-corrected chi connectivity index (χ1v) is 11.3. The van der Waals surface area contributed by atoms with Crippen molar-refractivity contribution >= 4 is 0 Å². The molecule has 0 radical (unpaired) electrons. The number of ether oxygens (including phenoxy) is 1. The number of aryl methyl sites for hydroxylation is 1. The van der Waals surface area contributed by atoms with E-state index in [-0.39, 0.29) is 23.1 Å². The van der Waals surface area contributed by atoms with Gasteiger partial charge in [0, 0.05) is 5.56 Å². The van der Waals surface area contributed by atoms with Crippen LogP contribution in [-0.4, -0.2) is 6.61 Å². The minimum Gasteiger partial charge on any atom is -0.494 e. The maximum Gasteiger partial charge on any atom is 0.129 e. The average molecular weight is 399 g/mol. The number of halogens is 2. The van der Waals surface area contributed by atoms with Gasteiger partial charge in [0.1, 0.15) is 17.4 Å². The second-order valence-electron chi connectivity index (χ2n) is 8.83. The Bertz CT molecular complexity index is 829. The van der Waals surface area contributed by atoms with Crippen molar-refractivity contribution in [3.63, 3.8) is 0 Å². The van der Waals surface area contributed by atoms with Crippen LogP contribution in [0, 0.1) is 17.6 Å². The molecule has 2 aliphatic carbocycles. The Kier molecular flexibility index (Phi) is 6.22. The van der Waals surface area contributed by atoms with Crippen molar-refractivity contribution in [2.24, 2.45) is 5.92 Å². The van der Waals surface area contributed by atoms with E-state index in [1.807, 2.05) is 13.0 Å². The van der Waals surface area contributed by atoms with Crippen molar-refractivity contribution in [1.82, 2.24) is 0 Å². The average Bonchev–Trinajstić information content (AvgIpc) is 2.73. The lowest BCUT2D eigenvalue weighted by atomic mass is 9.76. The van der Waals surface area contributed by atoms with Crippen molar-refractivity contribution in [3.05, 3.63) is 64.2 Å². The number of benzene rings is 2. The van der Waals surface area contributed by atoms with E-state index in [2.05, 4.69) is 19.1 Å². The van der Waals surface area contributed by atoms with E-state index in [0.29, 0.717) is 18.9 Å². The van der Waals surface area contributed by atoms with Crippen LogP contribution in [0.4, 0.5) is 8.78 Å². The molecule has 4 rings (SSSR count). The van der Waals surface area contributed by atoms with E-state index in [0.717, 1.165) is 42.9 Å². The predicted octanol–water partition coefficient (Wildman–Crippen LogP) is 7.32. The monoisotopic (exact) mass is 398 g/mol. The lowest BCUT2D eigenvalue weighted by molar-refractivity contribution is 0.317. The van der Waals surface area contributed by atoms with Gasteiger partial charge in [-0.3, -0.25) is 0 Å². The predicted molar refractivity (Wildman–Crippen MR) is 114 cm³/mol. The van der Waals surface area contributed by atoms with Gasteiger partial charge >= 0.3 is 0 Å². The van der Waals surface area contributed by atoms with Gasteiger partial charge < -0.3 is 4.74 Å². The Morgan fingerprint density at radius 3 is 2.24 bits per heavy atom. The third kappa shape index (κ3) is 4.34. The van der Waals surface area contributed by atoms with Crippen LogP contribution in [0.15, 0.2) is 30.3 Å². The number of fused-ring (bicyclic) bond motifs is 1. The summed E-state index contributed by atoms with van der Waals surface area (Å²) in [6.45, 7) is 4.85. The van der Waals surface area contributed by atoms with Gasteiger partial charge in [0.2, 0.25) is 0 Å². The van der Waals surface area contributed by atoms with E-state index in [1.165, 1.54) is 30.4 Å². The van der Waals surface area contributed by atoms with Crippen LogP contribution in [0.25, 0.3) is 0 Å². The highest BCUT2D eigenvalue weighted by Gasteiger charge is 2.28. The number of rotatable bonds is 5. The van der Waals surface area contributed by atoms with Crippen LogP contribution in [-0.2, 0) is 12.8 Å². The molecule has 3 heteroatoms. The second-order valence-corrected chi connectivity index (χ2v) is 8.83. The van der Waals surface area contributed by atoms with Gasteiger partial charge in [0.05, 0.1) is 6.61 Å². The molecule has 2 aromatic rings. The van der Waals surface area contributed by atoms with Gasteiger partial charge in [-0.05, 0) is 111 Å².